The molecule has 0 aliphatic rings. The van der Waals surface area contributed by atoms with Crippen molar-refractivity contribution in [2.24, 2.45) is 0 Å². The molecule has 2 N–H and O–H groups in total. The molecule has 2 aromatic carbocycles. The molecular formula is C17H19N3O4S. The van der Waals surface area contributed by atoms with E-state index in [0.29, 0.717) is 5.69 Å². The van der Waals surface area contributed by atoms with Crippen LogP contribution in [-0.2, 0) is 10.0 Å². The fourth-order valence-electron chi connectivity index (χ4n) is 1.98. The smallest absolute Gasteiger partial charge is 0.321 e. The number of carbonyl (C=O) groups is 2. The van der Waals surface area contributed by atoms with Gasteiger partial charge in [-0.15, -0.1) is 0 Å². The number of urea groups is 1. The van der Waals surface area contributed by atoms with Crippen LogP contribution in [0.2, 0.25) is 0 Å². The fraction of sp³-hybridized carbons (Fsp3) is 0.176. The minimum absolute atomic E-state index is 0.0728. The highest BCUT2D eigenvalue weighted by Crippen LogP contribution is 2.15. The SMILES string of the molecule is Cc1cccc(C(=O)NS(=O)(=O)c2ccc(NC(=O)N(C)C)cc2)c1. The first-order chi connectivity index (χ1) is 11.7. The van der Waals surface area contributed by atoms with E-state index in [0.717, 1.165) is 5.56 Å². The zero-order valence-corrected chi connectivity index (χ0v) is 14.9. The number of anilines is 1. The highest BCUT2D eigenvalue weighted by Gasteiger charge is 2.19. The van der Waals surface area contributed by atoms with Gasteiger partial charge in [0.2, 0.25) is 0 Å². The van der Waals surface area contributed by atoms with Crippen molar-refractivity contribution >= 4 is 27.6 Å². The second-order valence-electron chi connectivity index (χ2n) is 5.65. The molecule has 0 saturated carbocycles. The summed E-state index contributed by atoms with van der Waals surface area (Å²) in [7, 11) is -0.820. The summed E-state index contributed by atoms with van der Waals surface area (Å²) in [6.45, 7) is 1.81. The third kappa shape index (κ3) is 4.80. The van der Waals surface area contributed by atoms with Crippen LogP contribution in [-0.4, -0.2) is 39.4 Å². The second kappa shape index (κ2) is 7.35. The van der Waals surface area contributed by atoms with Crippen molar-refractivity contribution in [2.75, 3.05) is 19.4 Å². The van der Waals surface area contributed by atoms with Gasteiger partial charge in [-0.2, -0.15) is 0 Å². The Kier molecular flexibility index (Phi) is 5.43. The van der Waals surface area contributed by atoms with Crippen LogP contribution in [0.5, 0.6) is 0 Å². The maximum Gasteiger partial charge on any atom is 0.321 e. The lowest BCUT2D eigenvalue weighted by Crippen LogP contribution is -2.30. The van der Waals surface area contributed by atoms with E-state index in [-0.39, 0.29) is 16.5 Å². The van der Waals surface area contributed by atoms with Crippen LogP contribution in [0.15, 0.2) is 53.4 Å². The lowest BCUT2D eigenvalue weighted by Gasteiger charge is -2.12. The van der Waals surface area contributed by atoms with Crippen LogP contribution < -0.4 is 10.0 Å². The monoisotopic (exact) mass is 361 g/mol. The van der Waals surface area contributed by atoms with Crippen molar-refractivity contribution in [3.63, 3.8) is 0 Å². The van der Waals surface area contributed by atoms with Crippen LogP contribution >= 0.6 is 0 Å². The molecule has 3 amide bonds. The first kappa shape index (κ1) is 18.5. The average Bonchev–Trinajstić information content (AvgIpc) is 2.54. The molecule has 2 rings (SSSR count). The predicted molar refractivity (Wildman–Crippen MR) is 95.0 cm³/mol. The van der Waals surface area contributed by atoms with Gasteiger partial charge in [-0.05, 0) is 43.3 Å². The summed E-state index contributed by atoms with van der Waals surface area (Å²) < 4.78 is 26.7. The minimum atomic E-state index is -4.00. The number of aryl methyl sites for hydroxylation is 1. The molecule has 0 aromatic heterocycles. The standard InChI is InChI=1S/C17H19N3O4S/c1-12-5-4-6-13(11-12)16(21)19-25(23,24)15-9-7-14(8-10-15)18-17(22)20(2)3/h4-11H,1-3H3,(H,18,22)(H,19,21). The van der Waals surface area contributed by atoms with Crippen LogP contribution in [0.25, 0.3) is 0 Å². The van der Waals surface area contributed by atoms with Gasteiger partial charge in [-0.25, -0.2) is 17.9 Å². The van der Waals surface area contributed by atoms with E-state index in [1.165, 1.54) is 35.2 Å². The number of carbonyl (C=O) groups excluding carboxylic acids is 2. The minimum Gasteiger partial charge on any atom is -0.331 e. The van der Waals surface area contributed by atoms with Crippen LogP contribution in [0, 0.1) is 6.92 Å². The molecule has 132 valence electrons. The fourth-order valence-corrected chi connectivity index (χ4v) is 2.95. The molecule has 0 bridgehead atoms. The van der Waals surface area contributed by atoms with E-state index >= 15 is 0 Å². The molecule has 0 fully saturated rings. The van der Waals surface area contributed by atoms with Crippen LogP contribution in [0.4, 0.5) is 10.5 Å². The summed E-state index contributed by atoms with van der Waals surface area (Å²) in [4.78, 5) is 25.0. The summed E-state index contributed by atoms with van der Waals surface area (Å²) in [6.07, 6.45) is 0. The van der Waals surface area contributed by atoms with E-state index in [1.54, 1.807) is 26.2 Å². The number of amides is 3. The zero-order chi connectivity index (χ0) is 18.6. The van der Waals surface area contributed by atoms with E-state index in [1.807, 2.05) is 17.7 Å². The molecule has 0 unspecified atom stereocenters. The van der Waals surface area contributed by atoms with Crippen LogP contribution in [0.1, 0.15) is 15.9 Å². The van der Waals surface area contributed by atoms with E-state index in [9.17, 15) is 18.0 Å². The van der Waals surface area contributed by atoms with Gasteiger partial charge in [0.05, 0.1) is 4.90 Å². The molecule has 25 heavy (non-hydrogen) atoms. The van der Waals surface area contributed by atoms with Gasteiger partial charge < -0.3 is 10.2 Å². The van der Waals surface area contributed by atoms with Gasteiger partial charge >= 0.3 is 6.03 Å². The van der Waals surface area contributed by atoms with Gasteiger partial charge in [-0.1, -0.05) is 17.7 Å². The number of nitrogens with zero attached hydrogens (tertiary/aromatic N) is 1. The maximum atomic E-state index is 12.3. The molecule has 8 heteroatoms. The third-order valence-electron chi connectivity index (χ3n) is 3.33. The van der Waals surface area contributed by atoms with Gasteiger partial charge in [0.15, 0.2) is 0 Å². The number of hydrogen-bond donors (Lipinski definition) is 2. The molecule has 0 saturated heterocycles. The number of sulfonamides is 1. The van der Waals surface area contributed by atoms with Crippen molar-refractivity contribution in [1.29, 1.82) is 0 Å². The van der Waals surface area contributed by atoms with Gasteiger partial charge in [0, 0.05) is 25.3 Å². The normalized spacial score (nSPS) is 10.8. The average molecular weight is 361 g/mol. The van der Waals surface area contributed by atoms with Crippen molar-refractivity contribution in [3.8, 4) is 0 Å². The number of benzene rings is 2. The Morgan fingerprint density at radius 1 is 1.00 bits per heavy atom. The lowest BCUT2D eigenvalue weighted by atomic mass is 10.1. The molecule has 0 spiro atoms. The Bertz CT molecular complexity index is 890. The van der Waals surface area contributed by atoms with Crippen molar-refractivity contribution in [3.05, 3.63) is 59.7 Å². The summed E-state index contributed by atoms with van der Waals surface area (Å²) in [5, 5.41) is 2.60. The van der Waals surface area contributed by atoms with Crippen molar-refractivity contribution in [1.82, 2.24) is 9.62 Å². The maximum absolute atomic E-state index is 12.3. The molecule has 0 heterocycles. The first-order valence-electron chi connectivity index (χ1n) is 7.41. The van der Waals surface area contributed by atoms with E-state index < -0.39 is 15.9 Å². The topological polar surface area (TPSA) is 95.6 Å². The first-order valence-corrected chi connectivity index (χ1v) is 8.89. The summed E-state index contributed by atoms with van der Waals surface area (Å²) in [5.41, 5.74) is 1.56. The lowest BCUT2D eigenvalue weighted by molar-refractivity contribution is 0.0981. The molecule has 0 atom stereocenters. The molecule has 2 aromatic rings. The van der Waals surface area contributed by atoms with Crippen molar-refractivity contribution < 1.29 is 18.0 Å². The molecule has 0 aliphatic carbocycles. The zero-order valence-electron chi connectivity index (χ0n) is 14.1. The molecular weight excluding hydrogens is 342 g/mol. The Hall–Kier alpha value is -2.87. The summed E-state index contributed by atoms with van der Waals surface area (Å²) in [5.74, 6) is -0.700. The van der Waals surface area contributed by atoms with Gasteiger partial charge in [0.1, 0.15) is 0 Å². The molecule has 7 nitrogen and oxygen atoms in total. The largest absolute Gasteiger partial charge is 0.331 e. The second-order valence-corrected chi connectivity index (χ2v) is 7.34. The summed E-state index contributed by atoms with van der Waals surface area (Å²) >= 11 is 0. The quantitative estimate of drug-likeness (QED) is 0.873. The predicted octanol–water partition coefficient (Wildman–Crippen LogP) is 2.21. The Morgan fingerprint density at radius 2 is 1.64 bits per heavy atom. The molecule has 0 radical (unpaired) electrons. The highest BCUT2D eigenvalue weighted by atomic mass is 32.2. The Morgan fingerprint density at radius 3 is 2.20 bits per heavy atom. The van der Waals surface area contributed by atoms with Crippen LogP contribution in [0.3, 0.4) is 0 Å². The third-order valence-corrected chi connectivity index (χ3v) is 4.68. The van der Waals surface area contributed by atoms with E-state index in [4.69, 9.17) is 0 Å². The molecule has 0 aliphatic heterocycles. The number of hydrogen-bond acceptors (Lipinski definition) is 4. The summed E-state index contributed by atoms with van der Waals surface area (Å²) in [6, 6.07) is 11.8. The van der Waals surface area contributed by atoms with E-state index in [2.05, 4.69) is 5.32 Å². The Balaban J connectivity index is 2.14. The van der Waals surface area contributed by atoms with Gasteiger partial charge in [-0.3, -0.25) is 4.79 Å². The van der Waals surface area contributed by atoms with Crippen molar-refractivity contribution in [2.45, 2.75) is 11.8 Å². The highest BCUT2D eigenvalue weighted by molar-refractivity contribution is 7.90. The van der Waals surface area contributed by atoms with Gasteiger partial charge in [0.25, 0.3) is 15.9 Å². The Labute approximate surface area is 146 Å². The number of nitrogens with one attached hydrogen (secondary N) is 2. The number of rotatable bonds is 4.